The molecular weight excluding hydrogens is 314 g/mol. The summed E-state index contributed by atoms with van der Waals surface area (Å²) in [6.45, 7) is 13.6. The SMILES string of the molecule is Cc1cc(C(C)C)cc(-c2c3ccc(CC(C)C)cc3cc[n+]2C)c1C. The molecule has 3 aromatic rings. The van der Waals surface area contributed by atoms with E-state index in [2.05, 4.69) is 95.8 Å². The number of benzene rings is 2. The normalized spacial score (nSPS) is 11.7. The molecule has 0 saturated carbocycles. The minimum atomic E-state index is 0.533. The Morgan fingerprint density at radius 3 is 2.31 bits per heavy atom. The molecule has 0 aliphatic heterocycles. The largest absolute Gasteiger partial charge is 0.220 e. The van der Waals surface area contributed by atoms with Gasteiger partial charge in [0.2, 0.25) is 5.69 Å². The van der Waals surface area contributed by atoms with Crippen molar-refractivity contribution in [2.24, 2.45) is 13.0 Å². The summed E-state index contributed by atoms with van der Waals surface area (Å²) >= 11 is 0. The van der Waals surface area contributed by atoms with Gasteiger partial charge >= 0.3 is 0 Å². The molecule has 0 radical (unpaired) electrons. The van der Waals surface area contributed by atoms with Crippen LogP contribution in [0.1, 0.15) is 55.9 Å². The van der Waals surface area contributed by atoms with Crippen LogP contribution in [0, 0.1) is 19.8 Å². The first-order chi connectivity index (χ1) is 12.3. The van der Waals surface area contributed by atoms with Crippen molar-refractivity contribution in [2.45, 2.75) is 53.9 Å². The molecule has 1 nitrogen and oxygen atoms in total. The summed E-state index contributed by atoms with van der Waals surface area (Å²) in [6.07, 6.45) is 3.33. The van der Waals surface area contributed by atoms with Gasteiger partial charge in [-0.25, -0.2) is 4.57 Å². The summed E-state index contributed by atoms with van der Waals surface area (Å²) in [4.78, 5) is 0. The van der Waals surface area contributed by atoms with E-state index in [1.165, 1.54) is 44.3 Å². The number of fused-ring (bicyclic) bond motifs is 1. The van der Waals surface area contributed by atoms with Crippen molar-refractivity contribution in [2.75, 3.05) is 0 Å². The lowest BCUT2D eigenvalue weighted by Crippen LogP contribution is -2.31. The summed E-state index contributed by atoms with van der Waals surface area (Å²) in [5.74, 6) is 1.21. The van der Waals surface area contributed by atoms with Crippen LogP contribution in [0.5, 0.6) is 0 Å². The second kappa shape index (κ2) is 7.23. The van der Waals surface area contributed by atoms with E-state index in [4.69, 9.17) is 0 Å². The van der Waals surface area contributed by atoms with Crippen LogP contribution < -0.4 is 4.57 Å². The molecule has 0 unspecified atom stereocenters. The summed E-state index contributed by atoms with van der Waals surface area (Å²) in [5.41, 5.74) is 8.27. The first-order valence-electron chi connectivity index (χ1n) is 9.80. The van der Waals surface area contributed by atoms with E-state index in [0.717, 1.165) is 6.42 Å². The van der Waals surface area contributed by atoms with Crippen LogP contribution in [-0.4, -0.2) is 0 Å². The van der Waals surface area contributed by atoms with Crippen molar-refractivity contribution in [3.05, 3.63) is 64.8 Å². The van der Waals surface area contributed by atoms with Crippen molar-refractivity contribution >= 4 is 10.8 Å². The lowest BCUT2D eigenvalue weighted by Gasteiger charge is -2.15. The third kappa shape index (κ3) is 3.53. The molecule has 0 atom stereocenters. The van der Waals surface area contributed by atoms with Gasteiger partial charge < -0.3 is 0 Å². The Morgan fingerprint density at radius 2 is 1.65 bits per heavy atom. The highest BCUT2D eigenvalue weighted by Gasteiger charge is 2.19. The van der Waals surface area contributed by atoms with Crippen molar-refractivity contribution in [1.82, 2.24) is 0 Å². The zero-order chi connectivity index (χ0) is 19.0. The Labute approximate surface area is 158 Å². The maximum Gasteiger partial charge on any atom is 0.220 e. The molecule has 0 saturated heterocycles. The first-order valence-corrected chi connectivity index (χ1v) is 9.80. The molecule has 0 aliphatic rings. The number of nitrogens with zero attached hydrogens (tertiary/aromatic N) is 1. The third-order valence-corrected chi connectivity index (χ3v) is 5.46. The van der Waals surface area contributed by atoms with Gasteiger partial charge in [0.25, 0.3) is 0 Å². The van der Waals surface area contributed by atoms with Crippen LogP contribution in [0.4, 0.5) is 0 Å². The molecule has 0 bridgehead atoms. The Morgan fingerprint density at radius 1 is 0.923 bits per heavy atom. The summed E-state index contributed by atoms with van der Waals surface area (Å²) in [7, 11) is 2.16. The van der Waals surface area contributed by atoms with Gasteiger partial charge in [0, 0.05) is 6.07 Å². The molecule has 0 fully saturated rings. The van der Waals surface area contributed by atoms with Gasteiger partial charge in [0.05, 0.1) is 10.9 Å². The molecule has 2 aromatic carbocycles. The van der Waals surface area contributed by atoms with E-state index in [1.807, 2.05) is 0 Å². The highest BCUT2D eigenvalue weighted by atomic mass is 14.9. The van der Waals surface area contributed by atoms with Crippen molar-refractivity contribution in [1.29, 1.82) is 0 Å². The standard InChI is InChI=1S/C25H32N/c1-16(2)12-20-8-9-23-21(14-20)10-11-26(7)25(23)24-15-22(17(3)4)13-18(5)19(24)6/h8-11,13-17H,12H2,1-7H3/q+1. The fourth-order valence-corrected chi connectivity index (χ4v) is 3.82. The van der Waals surface area contributed by atoms with Crippen LogP contribution in [0.2, 0.25) is 0 Å². The van der Waals surface area contributed by atoms with E-state index in [0.29, 0.717) is 11.8 Å². The van der Waals surface area contributed by atoms with Crippen molar-refractivity contribution in [3.63, 3.8) is 0 Å². The van der Waals surface area contributed by atoms with Gasteiger partial charge in [-0.2, -0.15) is 0 Å². The molecule has 1 aromatic heterocycles. The fourth-order valence-electron chi connectivity index (χ4n) is 3.82. The quantitative estimate of drug-likeness (QED) is 0.490. The lowest BCUT2D eigenvalue weighted by molar-refractivity contribution is -0.659. The predicted molar refractivity (Wildman–Crippen MR) is 113 cm³/mol. The number of aromatic nitrogens is 1. The Hall–Kier alpha value is -2.15. The number of rotatable bonds is 4. The topological polar surface area (TPSA) is 3.88 Å². The van der Waals surface area contributed by atoms with Crippen molar-refractivity contribution in [3.8, 4) is 11.3 Å². The predicted octanol–water partition coefficient (Wildman–Crippen LogP) is 6.27. The van der Waals surface area contributed by atoms with Crippen LogP contribution in [-0.2, 0) is 13.5 Å². The van der Waals surface area contributed by atoms with E-state index < -0.39 is 0 Å². The fraction of sp³-hybridized carbons (Fsp3) is 0.400. The zero-order valence-corrected chi connectivity index (χ0v) is 17.4. The smallest absolute Gasteiger partial charge is 0.200 e. The lowest BCUT2D eigenvalue weighted by atomic mass is 9.90. The van der Waals surface area contributed by atoms with Crippen LogP contribution >= 0.6 is 0 Å². The first kappa shape index (κ1) is 18.6. The Kier molecular flexibility index (Phi) is 5.18. The van der Waals surface area contributed by atoms with Gasteiger partial charge in [0.15, 0.2) is 6.20 Å². The van der Waals surface area contributed by atoms with Gasteiger partial charge in [-0.3, -0.25) is 0 Å². The average molecular weight is 347 g/mol. The summed E-state index contributed by atoms with van der Waals surface area (Å²) in [5, 5.41) is 2.68. The third-order valence-electron chi connectivity index (χ3n) is 5.46. The van der Waals surface area contributed by atoms with E-state index in [9.17, 15) is 0 Å². The number of hydrogen-bond acceptors (Lipinski definition) is 0. The van der Waals surface area contributed by atoms with Gasteiger partial charge in [-0.05, 0) is 71.9 Å². The van der Waals surface area contributed by atoms with E-state index in [-0.39, 0.29) is 0 Å². The molecule has 3 rings (SSSR count). The highest BCUT2D eigenvalue weighted by molar-refractivity contribution is 5.94. The Balaban J connectivity index is 2.26. The van der Waals surface area contributed by atoms with Crippen LogP contribution in [0.3, 0.4) is 0 Å². The molecule has 0 aliphatic carbocycles. The molecule has 0 spiro atoms. The maximum atomic E-state index is 2.39. The molecule has 1 heterocycles. The monoisotopic (exact) mass is 346 g/mol. The van der Waals surface area contributed by atoms with Crippen LogP contribution in [0.15, 0.2) is 42.6 Å². The van der Waals surface area contributed by atoms with Gasteiger partial charge in [-0.1, -0.05) is 45.9 Å². The molecular formula is C25H32N+. The molecule has 1 heteroatoms. The van der Waals surface area contributed by atoms with Crippen LogP contribution in [0.25, 0.3) is 22.0 Å². The number of hydrogen-bond donors (Lipinski definition) is 0. The minimum absolute atomic E-state index is 0.533. The second-order valence-corrected chi connectivity index (χ2v) is 8.46. The molecule has 26 heavy (non-hydrogen) atoms. The van der Waals surface area contributed by atoms with E-state index in [1.54, 1.807) is 0 Å². The highest BCUT2D eigenvalue weighted by Crippen LogP contribution is 2.32. The van der Waals surface area contributed by atoms with Gasteiger partial charge in [-0.15, -0.1) is 0 Å². The molecule has 136 valence electrons. The average Bonchev–Trinajstić information content (AvgIpc) is 2.57. The zero-order valence-electron chi connectivity index (χ0n) is 17.4. The summed E-state index contributed by atoms with van der Waals surface area (Å²) in [6, 6.07) is 14.0. The molecule has 0 N–H and O–H groups in total. The van der Waals surface area contributed by atoms with E-state index >= 15 is 0 Å². The maximum absolute atomic E-state index is 2.39. The van der Waals surface area contributed by atoms with Crippen molar-refractivity contribution < 1.29 is 4.57 Å². The van der Waals surface area contributed by atoms with Gasteiger partial charge in [0.1, 0.15) is 7.05 Å². The second-order valence-electron chi connectivity index (χ2n) is 8.46. The summed E-state index contributed by atoms with van der Waals surface area (Å²) < 4.78 is 2.27. The molecule has 0 amide bonds. The number of aryl methyl sites for hydroxylation is 2. The minimum Gasteiger partial charge on any atom is -0.200 e. The number of pyridine rings is 1. The Bertz CT molecular complexity index is 948.